The monoisotopic (exact) mass is 154 g/mol. The van der Waals surface area contributed by atoms with Gasteiger partial charge in [0.15, 0.2) is 0 Å². The van der Waals surface area contributed by atoms with E-state index in [-0.39, 0.29) is 23.7 Å². The molecular weight excluding hydrogens is 150 g/mol. The van der Waals surface area contributed by atoms with E-state index < -0.39 is 5.09 Å². The first kappa shape index (κ1) is 9.87. The molecule has 0 aliphatic carbocycles. The Labute approximate surface area is 51.4 Å². The summed E-state index contributed by atoms with van der Waals surface area (Å²) in [6.07, 6.45) is 0. The predicted octanol–water partition coefficient (Wildman–Crippen LogP) is 0.212. The Morgan fingerprint density at radius 3 is 2.29 bits per heavy atom. The van der Waals surface area contributed by atoms with E-state index in [9.17, 15) is 10.1 Å². The summed E-state index contributed by atoms with van der Waals surface area (Å²) in [5, 5.41) is 8.36. The minimum atomic E-state index is -0.819. The van der Waals surface area contributed by atoms with Crippen molar-refractivity contribution in [1.29, 1.82) is 0 Å². The van der Waals surface area contributed by atoms with E-state index in [1.807, 2.05) is 0 Å². The van der Waals surface area contributed by atoms with Crippen LogP contribution in [0.15, 0.2) is 0 Å². The van der Waals surface area contributed by atoms with Crippen LogP contribution in [0.1, 0.15) is 6.92 Å². The van der Waals surface area contributed by atoms with Crippen LogP contribution in [-0.4, -0.2) is 11.7 Å². The molecule has 0 N–H and O–H groups in total. The van der Waals surface area contributed by atoms with E-state index >= 15 is 0 Å². The maximum atomic E-state index is 9.18. The van der Waals surface area contributed by atoms with Crippen LogP contribution < -0.4 is 0 Å². The van der Waals surface area contributed by atoms with Gasteiger partial charge in [-0.05, 0) is 6.92 Å². The molecule has 7 heavy (non-hydrogen) atoms. The van der Waals surface area contributed by atoms with Crippen LogP contribution in [0.25, 0.3) is 0 Å². The van der Waals surface area contributed by atoms with Gasteiger partial charge in [0.2, 0.25) is 0 Å². The summed E-state index contributed by atoms with van der Waals surface area (Å²) >= 11 is 0. The molecule has 0 heterocycles. The molecule has 0 aliphatic rings. The maximum Gasteiger partial charge on any atom is 0.294 e. The van der Waals surface area contributed by atoms with Gasteiger partial charge in [0.1, 0.15) is 0 Å². The average Bonchev–Trinajstić information content (AvgIpc) is 1.35. The van der Waals surface area contributed by atoms with Crippen molar-refractivity contribution in [3.05, 3.63) is 10.1 Å². The molecule has 47 valence electrons. The van der Waals surface area contributed by atoms with E-state index in [1.165, 1.54) is 0 Å². The van der Waals surface area contributed by atoms with E-state index in [0.29, 0.717) is 0 Å². The quantitative estimate of drug-likeness (QED) is 0.325. The molecule has 0 amide bonds. The SMILES string of the molecule is CCO[N+](=O)[O-].[Cu]. The van der Waals surface area contributed by atoms with Crippen molar-refractivity contribution in [2.45, 2.75) is 6.92 Å². The molecule has 5 heteroatoms. The largest absolute Gasteiger partial charge is 0.314 e. The van der Waals surface area contributed by atoms with Gasteiger partial charge in [0.05, 0.1) is 6.61 Å². The van der Waals surface area contributed by atoms with Gasteiger partial charge >= 0.3 is 0 Å². The predicted molar refractivity (Wildman–Crippen MR) is 18.6 cm³/mol. The third kappa shape index (κ3) is 10.7. The second-order valence-corrected chi connectivity index (χ2v) is 0.641. The van der Waals surface area contributed by atoms with E-state index in [1.54, 1.807) is 6.92 Å². The standard InChI is InChI=1S/C2H5NO3.Cu/c1-2-6-3(4)5;/h2H2,1H3;. The Kier molecular flexibility index (Phi) is 8.06. The molecular formula is C2H5CuNO3. The van der Waals surface area contributed by atoms with Crippen LogP contribution in [0, 0.1) is 10.1 Å². The molecule has 0 aliphatic heterocycles. The third-order valence-corrected chi connectivity index (χ3v) is 0.235. The van der Waals surface area contributed by atoms with Gasteiger partial charge in [-0.3, -0.25) is 0 Å². The molecule has 0 atom stereocenters. The van der Waals surface area contributed by atoms with Crippen molar-refractivity contribution in [3.8, 4) is 0 Å². The van der Waals surface area contributed by atoms with Gasteiger partial charge < -0.3 is 4.84 Å². The Bertz CT molecular complexity index is 56.9. The second kappa shape index (κ2) is 5.72. The zero-order valence-corrected chi connectivity index (χ0v) is 4.62. The molecule has 0 bridgehead atoms. The van der Waals surface area contributed by atoms with Crippen molar-refractivity contribution in [2.24, 2.45) is 0 Å². The Morgan fingerprint density at radius 1 is 1.86 bits per heavy atom. The van der Waals surface area contributed by atoms with Gasteiger partial charge in [-0.15, -0.1) is 10.1 Å². The summed E-state index contributed by atoms with van der Waals surface area (Å²) in [5.41, 5.74) is 0. The molecule has 0 saturated carbocycles. The van der Waals surface area contributed by atoms with E-state index in [2.05, 4.69) is 4.84 Å². The minimum absolute atomic E-state index is 0. The summed E-state index contributed by atoms with van der Waals surface area (Å²) < 4.78 is 0. The van der Waals surface area contributed by atoms with Crippen molar-refractivity contribution in [3.63, 3.8) is 0 Å². The minimum Gasteiger partial charge on any atom is -0.314 e. The fourth-order valence-corrected chi connectivity index (χ4v) is 0.105. The topological polar surface area (TPSA) is 52.4 Å². The molecule has 0 aromatic carbocycles. The summed E-state index contributed by atoms with van der Waals surface area (Å²) in [6.45, 7) is 1.69. The number of hydrogen-bond donors (Lipinski definition) is 0. The first-order valence-corrected chi connectivity index (χ1v) is 1.54. The average molecular weight is 155 g/mol. The number of hydrogen-bond acceptors (Lipinski definition) is 3. The zero-order chi connectivity index (χ0) is 4.99. The molecule has 4 nitrogen and oxygen atoms in total. The number of rotatable bonds is 2. The normalized spacial score (nSPS) is 6.43. The smallest absolute Gasteiger partial charge is 0.294 e. The van der Waals surface area contributed by atoms with Crippen molar-refractivity contribution in [2.75, 3.05) is 6.61 Å². The van der Waals surface area contributed by atoms with Crippen LogP contribution in [0.4, 0.5) is 0 Å². The van der Waals surface area contributed by atoms with Crippen molar-refractivity contribution < 1.29 is 27.0 Å². The fourth-order valence-electron chi connectivity index (χ4n) is 0.105. The summed E-state index contributed by atoms with van der Waals surface area (Å²) in [6, 6.07) is 0. The first-order valence-electron chi connectivity index (χ1n) is 1.54. The van der Waals surface area contributed by atoms with E-state index in [0.717, 1.165) is 0 Å². The Hall–Kier alpha value is -0.281. The molecule has 0 rings (SSSR count). The molecule has 0 aromatic rings. The van der Waals surface area contributed by atoms with Gasteiger partial charge in [-0.2, -0.15) is 0 Å². The molecule has 0 fully saturated rings. The maximum absolute atomic E-state index is 9.18. The zero-order valence-electron chi connectivity index (χ0n) is 3.68. The summed E-state index contributed by atoms with van der Waals surface area (Å²) in [4.78, 5) is 12.9. The second-order valence-electron chi connectivity index (χ2n) is 0.641. The summed E-state index contributed by atoms with van der Waals surface area (Å²) in [5.74, 6) is 0. The molecule has 0 saturated heterocycles. The third-order valence-electron chi connectivity index (χ3n) is 0.235. The van der Waals surface area contributed by atoms with Gasteiger partial charge in [-0.1, -0.05) is 0 Å². The van der Waals surface area contributed by atoms with Gasteiger partial charge in [0, 0.05) is 17.1 Å². The van der Waals surface area contributed by atoms with Crippen LogP contribution in [-0.2, 0) is 21.9 Å². The number of nitrogens with zero attached hydrogens (tertiary/aromatic N) is 1. The van der Waals surface area contributed by atoms with Crippen molar-refractivity contribution >= 4 is 0 Å². The molecule has 0 unspecified atom stereocenters. The van der Waals surface area contributed by atoms with Gasteiger partial charge in [0.25, 0.3) is 5.09 Å². The van der Waals surface area contributed by atoms with Crippen LogP contribution in [0.2, 0.25) is 0 Å². The van der Waals surface area contributed by atoms with Crippen LogP contribution >= 0.6 is 0 Å². The molecule has 1 radical (unpaired) electrons. The van der Waals surface area contributed by atoms with E-state index in [4.69, 9.17) is 0 Å². The van der Waals surface area contributed by atoms with Crippen molar-refractivity contribution in [1.82, 2.24) is 0 Å². The first-order chi connectivity index (χ1) is 2.77. The Balaban J connectivity index is 0. The molecule has 0 aromatic heterocycles. The van der Waals surface area contributed by atoms with Crippen LogP contribution in [0.3, 0.4) is 0 Å². The molecule has 0 spiro atoms. The van der Waals surface area contributed by atoms with Gasteiger partial charge in [-0.25, -0.2) is 0 Å². The summed E-state index contributed by atoms with van der Waals surface area (Å²) in [7, 11) is 0. The van der Waals surface area contributed by atoms with Crippen LogP contribution in [0.5, 0.6) is 0 Å². The Morgan fingerprint density at radius 2 is 2.29 bits per heavy atom. The fraction of sp³-hybridized carbons (Fsp3) is 1.00.